The molecule has 7 nitrogen and oxygen atoms in total. The number of amides is 2. The normalized spacial score (nSPS) is 16.8. The molecule has 1 aliphatic rings. The third kappa shape index (κ3) is 9.54. The molecule has 0 aromatic heterocycles. The molecule has 0 saturated heterocycles. The number of rotatable bonds is 6. The summed E-state index contributed by atoms with van der Waals surface area (Å²) in [5, 5.41) is 16.4. The lowest BCUT2D eigenvalue weighted by Gasteiger charge is -2.19. The molecule has 29 heavy (non-hydrogen) atoms. The quantitative estimate of drug-likeness (QED) is 0.509. The van der Waals surface area contributed by atoms with Crippen molar-refractivity contribution in [1.29, 1.82) is 0 Å². The van der Waals surface area contributed by atoms with Gasteiger partial charge in [-0.25, -0.2) is 0 Å². The maximum absolute atomic E-state index is 12.3. The van der Waals surface area contributed by atoms with E-state index in [1.165, 1.54) is 69.2 Å². The van der Waals surface area contributed by atoms with Crippen LogP contribution in [-0.2, 0) is 9.59 Å². The van der Waals surface area contributed by atoms with Gasteiger partial charge < -0.3 is 10.6 Å². The molecule has 160 valence electrons. The maximum Gasteiger partial charge on any atom is 0.269 e. The van der Waals surface area contributed by atoms with Gasteiger partial charge in [0.25, 0.3) is 5.69 Å². The minimum Gasteiger partial charge on any atom is -0.353 e. The Labute approximate surface area is 172 Å². The fourth-order valence-electron chi connectivity index (χ4n) is 3.72. The van der Waals surface area contributed by atoms with Crippen molar-refractivity contribution in [3.8, 4) is 0 Å². The van der Waals surface area contributed by atoms with E-state index in [2.05, 4.69) is 10.6 Å². The van der Waals surface area contributed by atoms with Crippen LogP contribution in [0.4, 0.5) is 11.4 Å². The molecule has 1 fully saturated rings. The minimum absolute atomic E-state index is 0.0283. The summed E-state index contributed by atoms with van der Waals surface area (Å²) >= 11 is 0. The number of anilines is 1. The van der Waals surface area contributed by atoms with Crippen LogP contribution in [0, 0.1) is 10.1 Å². The average Bonchev–Trinajstić information content (AvgIpc) is 2.69. The Hall–Kier alpha value is -2.44. The predicted molar refractivity (Wildman–Crippen MR) is 114 cm³/mol. The van der Waals surface area contributed by atoms with E-state index in [9.17, 15) is 19.7 Å². The average molecular weight is 404 g/mol. The monoisotopic (exact) mass is 403 g/mol. The van der Waals surface area contributed by atoms with E-state index in [0.29, 0.717) is 5.69 Å². The first-order chi connectivity index (χ1) is 14.0. The molecule has 1 saturated carbocycles. The molecule has 2 amide bonds. The fourth-order valence-corrected chi connectivity index (χ4v) is 3.72. The molecule has 0 heterocycles. The van der Waals surface area contributed by atoms with E-state index in [1.54, 1.807) is 0 Å². The summed E-state index contributed by atoms with van der Waals surface area (Å²) in [5.74, 6) is -0.353. The largest absolute Gasteiger partial charge is 0.353 e. The van der Waals surface area contributed by atoms with Crippen LogP contribution in [0.1, 0.15) is 83.5 Å². The van der Waals surface area contributed by atoms with Gasteiger partial charge in [0.05, 0.1) is 4.92 Å². The summed E-state index contributed by atoms with van der Waals surface area (Å²) < 4.78 is 0. The molecule has 0 atom stereocenters. The number of nitro benzene ring substituents is 1. The molecule has 7 heteroatoms. The van der Waals surface area contributed by atoms with Crippen molar-refractivity contribution >= 4 is 23.2 Å². The van der Waals surface area contributed by atoms with Crippen LogP contribution in [0.15, 0.2) is 24.3 Å². The first kappa shape index (κ1) is 22.8. The second-order valence-electron chi connectivity index (χ2n) is 7.88. The molecule has 1 aromatic carbocycles. The molecule has 1 aliphatic carbocycles. The second-order valence-corrected chi connectivity index (χ2v) is 7.88. The van der Waals surface area contributed by atoms with Gasteiger partial charge in [-0.05, 0) is 25.0 Å². The Morgan fingerprint density at radius 3 is 1.83 bits per heavy atom. The zero-order valence-electron chi connectivity index (χ0n) is 17.2. The van der Waals surface area contributed by atoms with Gasteiger partial charge in [0.2, 0.25) is 11.8 Å². The van der Waals surface area contributed by atoms with Crippen molar-refractivity contribution in [2.24, 2.45) is 0 Å². The van der Waals surface area contributed by atoms with E-state index >= 15 is 0 Å². The summed E-state index contributed by atoms with van der Waals surface area (Å²) in [6, 6.07) is 5.86. The standard InChI is InChI=1S/C22H33N3O4/c26-21(23-18-10-8-6-4-2-1-3-5-7-9-11-18)16-17-22(27)24-19-12-14-20(15-13-19)25(28)29/h12-15,18H,1-11,16-17H2,(H,23,26)(H,24,27). The van der Waals surface area contributed by atoms with Crippen molar-refractivity contribution in [1.82, 2.24) is 5.32 Å². The van der Waals surface area contributed by atoms with Crippen LogP contribution in [0.25, 0.3) is 0 Å². The van der Waals surface area contributed by atoms with Crippen molar-refractivity contribution in [2.75, 3.05) is 5.32 Å². The number of benzene rings is 1. The first-order valence-corrected chi connectivity index (χ1v) is 10.9. The predicted octanol–water partition coefficient (Wildman–Crippen LogP) is 5.10. The maximum atomic E-state index is 12.3. The molecule has 2 N–H and O–H groups in total. The third-order valence-electron chi connectivity index (χ3n) is 5.41. The molecule has 0 bridgehead atoms. The number of nitrogens with zero attached hydrogens (tertiary/aromatic N) is 1. The summed E-state index contributed by atoms with van der Waals surface area (Å²) in [7, 11) is 0. The van der Waals surface area contributed by atoms with E-state index < -0.39 is 4.92 Å². The highest BCUT2D eigenvalue weighted by molar-refractivity contribution is 5.93. The van der Waals surface area contributed by atoms with Gasteiger partial charge >= 0.3 is 0 Å². The molecule has 0 spiro atoms. The lowest BCUT2D eigenvalue weighted by Crippen LogP contribution is -2.35. The number of carbonyl (C=O) groups is 2. The number of nitrogens with one attached hydrogen (secondary N) is 2. The van der Waals surface area contributed by atoms with Gasteiger partial charge in [-0.15, -0.1) is 0 Å². The smallest absolute Gasteiger partial charge is 0.269 e. The number of hydrogen-bond acceptors (Lipinski definition) is 4. The fraction of sp³-hybridized carbons (Fsp3) is 0.636. The number of nitro groups is 1. The van der Waals surface area contributed by atoms with E-state index in [4.69, 9.17) is 0 Å². The van der Waals surface area contributed by atoms with Crippen LogP contribution >= 0.6 is 0 Å². The zero-order valence-corrected chi connectivity index (χ0v) is 17.2. The van der Waals surface area contributed by atoms with E-state index in [0.717, 1.165) is 25.7 Å². The lowest BCUT2D eigenvalue weighted by atomic mass is 9.98. The summed E-state index contributed by atoms with van der Waals surface area (Å²) in [4.78, 5) is 34.5. The number of carbonyl (C=O) groups excluding carboxylic acids is 2. The molecule has 0 unspecified atom stereocenters. The highest BCUT2D eigenvalue weighted by Crippen LogP contribution is 2.18. The van der Waals surface area contributed by atoms with Gasteiger partial charge in [-0.1, -0.05) is 57.8 Å². The number of non-ortho nitro benzene ring substituents is 1. The van der Waals surface area contributed by atoms with Crippen LogP contribution < -0.4 is 10.6 Å². The highest BCUT2D eigenvalue weighted by Gasteiger charge is 2.14. The SMILES string of the molecule is O=C(CCC(=O)NC1CCCCCCCCCCC1)Nc1ccc([N+](=O)[O-])cc1. The Balaban J connectivity index is 1.71. The van der Waals surface area contributed by atoms with Crippen molar-refractivity contribution in [3.63, 3.8) is 0 Å². The Kier molecular flexibility index (Phi) is 10.2. The molecular weight excluding hydrogens is 370 g/mol. The molecule has 1 aromatic rings. The zero-order chi connectivity index (χ0) is 20.9. The van der Waals surface area contributed by atoms with Crippen molar-refractivity contribution in [2.45, 2.75) is 89.5 Å². The van der Waals surface area contributed by atoms with Gasteiger partial charge in [-0.3, -0.25) is 19.7 Å². The van der Waals surface area contributed by atoms with Crippen molar-refractivity contribution in [3.05, 3.63) is 34.4 Å². The Morgan fingerprint density at radius 1 is 0.828 bits per heavy atom. The van der Waals surface area contributed by atoms with Crippen LogP contribution in [-0.4, -0.2) is 22.8 Å². The second kappa shape index (κ2) is 12.9. The Morgan fingerprint density at radius 2 is 1.31 bits per heavy atom. The topological polar surface area (TPSA) is 101 Å². The molecule has 2 rings (SSSR count). The summed E-state index contributed by atoms with van der Waals surface area (Å²) in [5.41, 5.74) is 0.458. The van der Waals surface area contributed by atoms with Gasteiger partial charge in [0.15, 0.2) is 0 Å². The van der Waals surface area contributed by atoms with Crippen LogP contribution in [0.2, 0.25) is 0 Å². The Bertz CT molecular complexity index is 649. The van der Waals surface area contributed by atoms with Crippen LogP contribution in [0.5, 0.6) is 0 Å². The summed E-state index contributed by atoms with van der Waals surface area (Å²) in [6.07, 6.45) is 13.6. The van der Waals surface area contributed by atoms with Gasteiger partial charge in [0.1, 0.15) is 0 Å². The first-order valence-electron chi connectivity index (χ1n) is 10.9. The van der Waals surface area contributed by atoms with Gasteiger partial charge in [-0.2, -0.15) is 0 Å². The minimum atomic E-state index is -0.488. The van der Waals surface area contributed by atoms with Gasteiger partial charge in [0, 0.05) is 36.7 Å². The molecule has 0 aliphatic heterocycles. The molecular formula is C22H33N3O4. The van der Waals surface area contributed by atoms with E-state index in [-0.39, 0.29) is 36.4 Å². The van der Waals surface area contributed by atoms with Crippen LogP contribution in [0.3, 0.4) is 0 Å². The lowest BCUT2D eigenvalue weighted by molar-refractivity contribution is -0.384. The van der Waals surface area contributed by atoms with Crippen molar-refractivity contribution < 1.29 is 14.5 Å². The number of hydrogen-bond donors (Lipinski definition) is 2. The molecule has 0 radical (unpaired) electrons. The third-order valence-corrected chi connectivity index (χ3v) is 5.41. The van der Waals surface area contributed by atoms with E-state index in [1.807, 2.05) is 0 Å². The highest BCUT2D eigenvalue weighted by atomic mass is 16.6. The summed E-state index contributed by atoms with van der Waals surface area (Å²) in [6.45, 7) is 0.